The van der Waals surface area contributed by atoms with Gasteiger partial charge in [0, 0.05) is 12.6 Å². The second-order valence-corrected chi connectivity index (χ2v) is 8.53. The lowest BCUT2D eigenvalue weighted by molar-refractivity contribution is -0.141. The van der Waals surface area contributed by atoms with Gasteiger partial charge in [-0.3, -0.25) is 9.48 Å². The average Bonchev–Trinajstić information content (AvgIpc) is 3.12. The zero-order valence-corrected chi connectivity index (χ0v) is 19.7. The molecule has 1 aliphatic heterocycles. The molecule has 10 nitrogen and oxygen atoms in total. The highest BCUT2D eigenvalue weighted by Gasteiger charge is 2.37. The van der Waals surface area contributed by atoms with E-state index >= 15 is 0 Å². The van der Waals surface area contributed by atoms with E-state index in [1.807, 2.05) is 0 Å². The van der Waals surface area contributed by atoms with Gasteiger partial charge in [-0.1, -0.05) is 11.6 Å². The highest BCUT2D eigenvalue weighted by atomic mass is 35.5. The number of anilines is 2. The summed E-state index contributed by atoms with van der Waals surface area (Å²) in [7, 11) is 0. The standard InChI is InChI=1S/C20H19ClF6N8O2/c1-10(31-11-4-30-32-18(36)16(11)20(25,26)27)8-37-9-12-17(21)13-7-34(2-3-35(13)33-12)15-6-28-14(5-29-15)19(22,23)24/h4-6,10H,2-3,7-9H2,1H3,(H2,31,32,36)/t10-/m0/s1. The van der Waals surface area contributed by atoms with E-state index in [0.29, 0.717) is 35.7 Å². The van der Waals surface area contributed by atoms with E-state index in [-0.39, 0.29) is 25.6 Å². The van der Waals surface area contributed by atoms with Gasteiger partial charge in [0.1, 0.15) is 17.1 Å². The van der Waals surface area contributed by atoms with E-state index in [0.717, 1.165) is 12.4 Å². The minimum Gasteiger partial charge on any atom is -0.378 e. The number of hydrogen-bond donors (Lipinski definition) is 2. The molecular formula is C20H19ClF6N8O2. The molecular weight excluding hydrogens is 534 g/mol. The van der Waals surface area contributed by atoms with Crippen molar-refractivity contribution in [2.45, 2.75) is 45.0 Å². The molecule has 0 aromatic carbocycles. The Morgan fingerprint density at radius 2 is 1.89 bits per heavy atom. The molecule has 2 N–H and O–H groups in total. The summed E-state index contributed by atoms with van der Waals surface area (Å²) in [6.07, 6.45) is -6.89. The molecule has 3 aromatic heterocycles. The number of aromatic nitrogens is 6. The molecule has 0 saturated heterocycles. The first-order valence-corrected chi connectivity index (χ1v) is 11.1. The molecule has 1 atom stereocenters. The van der Waals surface area contributed by atoms with Gasteiger partial charge in [0.15, 0.2) is 5.69 Å². The molecule has 0 aliphatic carbocycles. The largest absolute Gasteiger partial charge is 0.434 e. The normalized spacial score (nSPS) is 15.0. The third kappa shape index (κ3) is 5.95. The molecule has 4 heterocycles. The van der Waals surface area contributed by atoms with Crippen molar-refractivity contribution in [1.82, 2.24) is 29.9 Å². The highest BCUT2D eigenvalue weighted by Crippen LogP contribution is 2.32. The topological polar surface area (TPSA) is 114 Å². The third-order valence-electron chi connectivity index (χ3n) is 5.38. The lowest BCUT2D eigenvalue weighted by atomic mass is 10.2. The smallest absolute Gasteiger partial charge is 0.378 e. The van der Waals surface area contributed by atoms with Crippen LogP contribution in [0.1, 0.15) is 29.6 Å². The summed E-state index contributed by atoms with van der Waals surface area (Å²) in [5, 5.41) is 12.4. The van der Waals surface area contributed by atoms with E-state index in [2.05, 4.69) is 25.5 Å². The Morgan fingerprint density at radius 1 is 1.14 bits per heavy atom. The fourth-order valence-corrected chi connectivity index (χ4v) is 3.94. The van der Waals surface area contributed by atoms with Gasteiger partial charge >= 0.3 is 12.4 Å². The predicted octanol–water partition coefficient (Wildman–Crippen LogP) is 3.48. The lowest BCUT2D eigenvalue weighted by Crippen LogP contribution is -2.34. The number of aromatic amines is 1. The van der Waals surface area contributed by atoms with Crippen molar-refractivity contribution >= 4 is 23.1 Å². The minimum atomic E-state index is -4.87. The van der Waals surface area contributed by atoms with Crippen LogP contribution in [0, 0.1) is 0 Å². The van der Waals surface area contributed by atoms with Gasteiger partial charge in [-0.25, -0.2) is 15.1 Å². The van der Waals surface area contributed by atoms with Crippen LogP contribution in [0.5, 0.6) is 0 Å². The van der Waals surface area contributed by atoms with Crippen molar-refractivity contribution in [2.75, 3.05) is 23.4 Å². The number of hydrogen-bond acceptors (Lipinski definition) is 8. The predicted molar refractivity (Wildman–Crippen MR) is 118 cm³/mol. The molecule has 0 unspecified atom stereocenters. The lowest BCUT2D eigenvalue weighted by Gasteiger charge is -2.28. The fraction of sp³-hybridized carbons (Fsp3) is 0.450. The highest BCUT2D eigenvalue weighted by molar-refractivity contribution is 6.31. The summed E-state index contributed by atoms with van der Waals surface area (Å²) in [4.78, 5) is 20.6. The number of halogens is 7. The first kappa shape index (κ1) is 26.7. The van der Waals surface area contributed by atoms with E-state index in [4.69, 9.17) is 16.3 Å². The summed E-state index contributed by atoms with van der Waals surface area (Å²) in [5.74, 6) is 0.252. The maximum Gasteiger partial charge on any atom is 0.434 e. The number of H-pyrrole nitrogens is 1. The number of rotatable bonds is 7. The maximum atomic E-state index is 13.2. The van der Waals surface area contributed by atoms with E-state index in [9.17, 15) is 31.1 Å². The monoisotopic (exact) mass is 552 g/mol. The molecule has 0 amide bonds. The molecule has 4 rings (SSSR count). The molecule has 0 saturated carbocycles. The summed E-state index contributed by atoms with van der Waals surface area (Å²) in [5.41, 5.74) is -3.33. The van der Waals surface area contributed by atoms with Crippen LogP contribution in [0.25, 0.3) is 0 Å². The molecule has 17 heteroatoms. The summed E-state index contributed by atoms with van der Waals surface area (Å²) < 4.78 is 85.0. The molecule has 3 aromatic rings. The molecule has 0 spiro atoms. The minimum absolute atomic E-state index is 0.0457. The van der Waals surface area contributed by atoms with Crippen LogP contribution in [0.3, 0.4) is 0 Å². The molecule has 0 bridgehead atoms. The van der Waals surface area contributed by atoms with Gasteiger partial charge in [0.05, 0.1) is 61.3 Å². The summed E-state index contributed by atoms with van der Waals surface area (Å²) >= 11 is 6.45. The first-order chi connectivity index (χ1) is 17.3. The number of ether oxygens (including phenoxy) is 1. The van der Waals surface area contributed by atoms with Crippen LogP contribution in [0.15, 0.2) is 23.4 Å². The van der Waals surface area contributed by atoms with E-state index in [1.54, 1.807) is 21.6 Å². The number of fused-ring (bicyclic) bond motifs is 1. The maximum absolute atomic E-state index is 13.2. The van der Waals surface area contributed by atoms with Gasteiger partial charge in [0.25, 0.3) is 5.56 Å². The number of alkyl halides is 6. The Morgan fingerprint density at radius 3 is 2.54 bits per heavy atom. The van der Waals surface area contributed by atoms with Crippen molar-refractivity contribution in [2.24, 2.45) is 0 Å². The van der Waals surface area contributed by atoms with E-state index in [1.165, 1.54) is 0 Å². The molecule has 37 heavy (non-hydrogen) atoms. The Hall–Kier alpha value is -3.40. The Bertz CT molecular complexity index is 1310. The second-order valence-electron chi connectivity index (χ2n) is 8.16. The first-order valence-electron chi connectivity index (χ1n) is 10.7. The van der Waals surface area contributed by atoms with Crippen molar-refractivity contribution in [3.05, 3.63) is 56.6 Å². The van der Waals surface area contributed by atoms with Crippen LogP contribution in [-0.2, 0) is 36.8 Å². The van der Waals surface area contributed by atoms with Crippen molar-refractivity contribution in [3.8, 4) is 0 Å². The Labute approximate surface area is 209 Å². The van der Waals surface area contributed by atoms with Gasteiger partial charge in [-0.05, 0) is 6.92 Å². The van der Waals surface area contributed by atoms with Crippen LogP contribution in [0.4, 0.5) is 37.8 Å². The summed E-state index contributed by atoms with van der Waals surface area (Å²) in [6, 6.07) is -0.630. The third-order valence-corrected chi connectivity index (χ3v) is 5.82. The van der Waals surface area contributed by atoms with Crippen LogP contribution in [-0.4, -0.2) is 49.1 Å². The van der Waals surface area contributed by atoms with Gasteiger partial charge in [-0.2, -0.15) is 36.5 Å². The zero-order chi connectivity index (χ0) is 27.0. The molecule has 200 valence electrons. The molecule has 0 radical (unpaired) electrons. The van der Waals surface area contributed by atoms with Gasteiger partial charge < -0.3 is 15.0 Å². The fourth-order valence-electron chi connectivity index (χ4n) is 3.69. The van der Waals surface area contributed by atoms with E-state index < -0.39 is 40.9 Å². The van der Waals surface area contributed by atoms with Crippen LogP contribution in [0.2, 0.25) is 5.02 Å². The van der Waals surface area contributed by atoms with Crippen molar-refractivity contribution in [3.63, 3.8) is 0 Å². The average molecular weight is 553 g/mol. The zero-order valence-electron chi connectivity index (χ0n) is 19.0. The van der Waals surface area contributed by atoms with Crippen LogP contribution >= 0.6 is 11.6 Å². The van der Waals surface area contributed by atoms with Crippen LogP contribution < -0.4 is 15.8 Å². The Kier molecular flexibility index (Phi) is 7.32. The van der Waals surface area contributed by atoms with Crippen molar-refractivity contribution < 1.29 is 31.1 Å². The molecule has 0 fully saturated rings. The second kappa shape index (κ2) is 10.2. The molecule has 1 aliphatic rings. The Balaban J connectivity index is 1.36. The van der Waals surface area contributed by atoms with Gasteiger partial charge in [0.2, 0.25) is 0 Å². The number of nitrogens with one attached hydrogen (secondary N) is 2. The SMILES string of the molecule is C[C@@H](COCc1nn2c(c1Cl)CN(c1cnc(C(F)(F)F)cn1)CC2)Nc1cn[nH]c(=O)c1C(F)(F)F. The number of nitrogens with zero attached hydrogens (tertiary/aromatic N) is 6. The van der Waals surface area contributed by atoms with Crippen molar-refractivity contribution in [1.29, 1.82) is 0 Å². The quantitative estimate of drug-likeness (QED) is 0.428. The van der Waals surface area contributed by atoms with Gasteiger partial charge in [-0.15, -0.1) is 0 Å². The summed E-state index contributed by atoms with van der Waals surface area (Å²) in [6.45, 7) is 2.47.